The minimum Gasteiger partial charge on any atom is -0.478 e. The van der Waals surface area contributed by atoms with Crippen LogP contribution in [0.5, 0.6) is 0 Å². The molecule has 3 rings (SSSR count). The molecule has 0 spiro atoms. The van der Waals surface area contributed by atoms with Crippen LogP contribution in [-0.2, 0) is 0 Å². The average molecular weight is 352 g/mol. The van der Waals surface area contributed by atoms with Gasteiger partial charge in [0.25, 0.3) is 17.4 Å². The first-order valence-electron chi connectivity index (χ1n) is 6.37. The molecule has 0 saturated heterocycles. The summed E-state index contributed by atoms with van der Waals surface area (Å²) >= 11 is 5.66. The quantitative estimate of drug-likeness (QED) is 0.685. The lowest BCUT2D eigenvalue weighted by atomic mass is 10.1. The molecular weight excluding hydrogens is 345 g/mol. The summed E-state index contributed by atoms with van der Waals surface area (Å²) in [5.74, 6) is -5.00. The normalized spacial score (nSPS) is 12.9. The standard InChI is InChI=1S/C14H7ClFN3O5/c15-6-2-1-4(14(23)24)10(9(6)16)19-7(20)3-5-8(11(19)17)13(22)18-12(5)21/h1-3H,17H2,(H,23,24)(H,18,21,22). The van der Waals surface area contributed by atoms with Gasteiger partial charge in [-0.05, 0) is 12.1 Å². The van der Waals surface area contributed by atoms with Gasteiger partial charge in [0.15, 0.2) is 5.82 Å². The fourth-order valence-electron chi connectivity index (χ4n) is 2.44. The van der Waals surface area contributed by atoms with E-state index in [2.05, 4.69) is 0 Å². The highest BCUT2D eigenvalue weighted by atomic mass is 35.5. The predicted molar refractivity (Wildman–Crippen MR) is 80.2 cm³/mol. The molecule has 1 aromatic heterocycles. The molecule has 1 aliphatic rings. The van der Waals surface area contributed by atoms with E-state index in [9.17, 15) is 28.7 Å². The maximum absolute atomic E-state index is 14.4. The second-order valence-corrected chi connectivity index (χ2v) is 5.25. The van der Waals surface area contributed by atoms with Crippen LogP contribution in [0.25, 0.3) is 5.69 Å². The Morgan fingerprint density at radius 3 is 2.54 bits per heavy atom. The van der Waals surface area contributed by atoms with Gasteiger partial charge in [-0.25, -0.2) is 9.18 Å². The molecule has 2 heterocycles. The molecule has 8 nitrogen and oxygen atoms in total. The van der Waals surface area contributed by atoms with Gasteiger partial charge in [0.1, 0.15) is 11.5 Å². The van der Waals surface area contributed by atoms with Crippen molar-refractivity contribution >= 4 is 35.2 Å². The summed E-state index contributed by atoms with van der Waals surface area (Å²) in [4.78, 5) is 47.0. The number of carbonyl (C=O) groups is 3. The second kappa shape index (κ2) is 5.17. The Kier molecular flexibility index (Phi) is 3.38. The van der Waals surface area contributed by atoms with E-state index in [1.165, 1.54) is 0 Å². The topological polar surface area (TPSA) is 131 Å². The van der Waals surface area contributed by atoms with Crippen LogP contribution in [0.1, 0.15) is 31.1 Å². The number of nitrogens with zero attached hydrogens (tertiary/aromatic N) is 1. The van der Waals surface area contributed by atoms with Gasteiger partial charge in [-0.3, -0.25) is 24.3 Å². The molecule has 2 aromatic rings. The number of aromatic nitrogens is 1. The van der Waals surface area contributed by atoms with Crippen molar-refractivity contribution in [3.05, 3.63) is 56.1 Å². The number of hydrogen-bond acceptors (Lipinski definition) is 5. The van der Waals surface area contributed by atoms with E-state index in [0.717, 1.165) is 18.2 Å². The highest BCUT2D eigenvalue weighted by Gasteiger charge is 2.33. The first-order valence-corrected chi connectivity index (χ1v) is 6.74. The number of nitrogen functional groups attached to an aromatic ring is 1. The number of amides is 2. The molecule has 0 atom stereocenters. The van der Waals surface area contributed by atoms with Gasteiger partial charge in [0.2, 0.25) is 0 Å². The maximum Gasteiger partial charge on any atom is 0.337 e. The fraction of sp³-hybridized carbons (Fsp3) is 0. The molecule has 2 amide bonds. The summed E-state index contributed by atoms with van der Waals surface area (Å²) < 4.78 is 14.9. The molecule has 24 heavy (non-hydrogen) atoms. The Labute approximate surface area is 137 Å². The Morgan fingerprint density at radius 1 is 1.25 bits per heavy atom. The number of carboxylic acids is 1. The zero-order valence-corrected chi connectivity index (χ0v) is 12.3. The molecule has 0 aliphatic carbocycles. The molecule has 10 heteroatoms. The van der Waals surface area contributed by atoms with E-state index in [1.54, 1.807) is 0 Å². The minimum absolute atomic E-state index is 0.266. The first-order chi connectivity index (χ1) is 11.2. The number of aromatic carboxylic acids is 1. The van der Waals surface area contributed by atoms with E-state index in [1.807, 2.05) is 5.32 Å². The van der Waals surface area contributed by atoms with Gasteiger partial charge in [0, 0.05) is 6.07 Å². The lowest BCUT2D eigenvalue weighted by Gasteiger charge is -2.15. The number of hydrogen-bond donors (Lipinski definition) is 3. The summed E-state index contributed by atoms with van der Waals surface area (Å²) in [6.07, 6.45) is 0. The van der Waals surface area contributed by atoms with Crippen molar-refractivity contribution in [2.24, 2.45) is 0 Å². The van der Waals surface area contributed by atoms with Gasteiger partial charge in [-0.15, -0.1) is 0 Å². The molecule has 1 aliphatic heterocycles. The molecule has 1 aromatic carbocycles. The van der Waals surface area contributed by atoms with Crippen molar-refractivity contribution < 1.29 is 23.9 Å². The number of imide groups is 1. The van der Waals surface area contributed by atoms with Crippen molar-refractivity contribution in [1.82, 2.24) is 9.88 Å². The van der Waals surface area contributed by atoms with E-state index in [-0.39, 0.29) is 11.1 Å². The zero-order valence-electron chi connectivity index (χ0n) is 11.6. The van der Waals surface area contributed by atoms with Crippen molar-refractivity contribution in [2.45, 2.75) is 0 Å². The van der Waals surface area contributed by atoms with Crippen LogP contribution < -0.4 is 16.6 Å². The van der Waals surface area contributed by atoms with Crippen LogP contribution in [0, 0.1) is 5.82 Å². The average Bonchev–Trinajstić information content (AvgIpc) is 2.77. The second-order valence-electron chi connectivity index (χ2n) is 4.84. The Hall–Kier alpha value is -3.20. The van der Waals surface area contributed by atoms with Crippen molar-refractivity contribution in [2.75, 3.05) is 5.73 Å². The largest absolute Gasteiger partial charge is 0.478 e. The Bertz CT molecular complexity index is 1010. The molecular formula is C14H7ClFN3O5. The number of pyridine rings is 1. The summed E-state index contributed by atoms with van der Waals surface area (Å²) in [5, 5.41) is 10.7. The molecule has 0 saturated carbocycles. The van der Waals surface area contributed by atoms with E-state index in [0.29, 0.717) is 4.57 Å². The monoisotopic (exact) mass is 351 g/mol. The molecule has 122 valence electrons. The van der Waals surface area contributed by atoms with E-state index >= 15 is 0 Å². The van der Waals surface area contributed by atoms with Gasteiger partial charge in [-0.1, -0.05) is 11.6 Å². The molecule has 4 N–H and O–H groups in total. The number of benzene rings is 1. The lowest BCUT2D eigenvalue weighted by Crippen LogP contribution is -2.26. The highest BCUT2D eigenvalue weighted by molar-refractivity contribution is 6.31. The lowest BCUT2D eigenvalue weighted by molar-refractivity contribution is 0.0695. The number of anilines is 1. The summed E-state index contributed by atoms with van der Waals surface area (Å²) in [5.41, 5.74) is 2.86. The van der Waals surface area contributed by atoms with Gasteiger partial charge in [-0.2, -0.15) is 0 Å². The fourth-order valence-corrected chi connectivity index (χ4v) is 2.59. The smallest absolute Gasteiger partial charge is 0.337 e. The number of carbonyl (C=O) groups excluding carboxylic acids is 2. The van der Waals surface area contributed by atoms with E-state index < -0.39 is 51.3 Å². The molecule has 0 radical (unpaired) electrons. The predicted octanol–water partition coefficient (Wildman–Crippen LogP) is 0.794. The zero-order chi connectivity index (χ0) is 17.8. The highest BCUT2D eigenvalue weighted by Crippen LogP contribution is 2.29. The first kappa shape index (κ1) is 15.7. The number of rotatable bonds is 2. The summed E-state index contributed by atoms with van der Waals surface area (Å²) in [6, 6.07) is 2.78. The van der Waals surface area contributed by atoms with E-state index in [4.69, 9.17) is 17.3 Å². The van der Waals surface area contributed by atoms with Crippen molar-refractivity contribution in [1.29, 1.82) is 0 Å². The van der Waals surface area contributed by atoms with Crippen molar-refractivity contribution in [3.63, 3.8) is 0 Å². The van der Waals surface area contributed by atoms with Crippen LogP contribution in [0.3, 0.4) is 0 Å². The number of halogens is 2. The SMILES string of the molecule is Nc1c2c(cc(=O)n1-c1c(C(=O)O)ccc(Cl)c1F)C(=O)NC2=O. The van der Waals surface area contributed by atoms with Gasteiger partial charge < -0.3 is 10.8 Å². The van der Waals surface area contributed by atoms with Crippen LogP contribution in [0.15, 0.2) is 23.0 Å². The molecule has 0 fully saturated rings. The van der Waals surface area contributed by atoms with Crippen LogP contribution in [0.2, 0.25) is 5.02 Å². The Balaban J connectivity index is 2.46. The number of nitrogens with two attached hydrogens (primary N) is 1. The molecule has 0 bridgehead atoms. The Morgan fingerprint density at radius 2 is 1.92 bits per heavy atom. The maximum atomic E-state index is 14.4. The van der Waals surface area contributed by atoms with Gasteiger partial charge >= 0.3 is 5.97 Å². The third-order valence-corrected chi connectivity index (χ3v) is 3.77. The minimum atomic E-state index is -1.53. The third kappa shape index (κ3) is 2.06. The van der Waals surface area contributed by atoms with Gasteiger partial charge in [0.05, 0.1) is 21.7 Å². The van der Waals surface area contributed by atoms with Crippen LogP contribution in [0.4, 0.5) is 10.2 Å². The van der Waals surface area contributed by atoms with Crippen molar-refractivity contribution in [3.8, 4) is 5.69 Å². The summed E-state index contributed by atoms with van der Waals surface area (Å²) in [6.45, 7) is 0. The number of fused-ring (bicyclic) bond motifs is 1. The molecule has 0 unspecified atom stereocenters. The third-order valence-electron chi connectivity index (χ3n) is 3.48. The number of carboxylic acid groups (broad SMARTS) is 1. The number of nitrogens with one attached hydrogen (secondary N) is 1. The summed E-state index contributed by atoms with van der Waals surface area (Å²) in [7, 11) is 0. The van der Waals surface area contributed by atoms with Crippen LogP contribution >= 0.6 is 11.6 Å². The van der Waals surface area contributed by atoms with Crippen LogP contribution in [-0.4, -0.2) is 27.5 Å².